The topological polar surface area (TPSA) is 12.0 Å². The molecular formula is C13H18ClN. The predicted octanol–water partition coefficient (Wildman–Crippen LogP) is 3.77. The van der Waals surface area contributed by atoms with Crippen LogP contribution in [0.4, 0.5) is 0 Å². The maximum atomic E-state index is 6.27. The van der Waals surface area contributed by atoms with Crippen molar-refractivity contribution in [2.45, 2.75) is 39.2 Å². The third kappa shape index (κ3) is 2.19. The van der Waals surface area contributed by atoms with E-state index >= 15 is 0 Å². The van der Waals surface area contributed by atoms with E-state index in [2.05, 4.69) is 31.3 Å². The van der Waals surface area contributed by atoms with Gasteiger partial charge in [-0.05, 0) is 49.9 Å². The molecule has 0 spiro atoms. The maximum absolute atomic E-state index is 6.27. The van der Waals surface area contributed by atoms with Crippen LogP contribution in [0.2, 0.25) is 5.02 Å². The molecule has 1 heterocycles. The molecule has 0 bridgehead atoms. The zero-order chi connectivity index (χ0) is 10.8. The van der Waals surface area contributed by atoms with E-state index in [0.29, 0.717) is 6.04 Å². The zero-order valence-corrected chi connectivity index (χ0v) is 10.2. The second kappa shape index (κ2) is 4.54. The molecule has 1 nitrogen and oxygen atoms in total. The van der Waals surface area contributed by atoms with Crippen molar-refractivity contribution in [1.82, 2.24) is 5.32 Å². The van der Waals surface area contributed by atoms with E-state index in [1.807, 2.05) is 0 Å². The van der Waals surface area contributed by atoms with Crippen molar-refractivity contribution in [1.29, 1.82) is 0 Å². The van der Waals surface area contributed by atoms with Crippen molar-refractivity contribution >= 4 is 11.6 Å². The largest absolute Gasteiger partial charge is 0.310 e. The summed E-state index contributed by atoms with van der Waals surface area (Å²) in [4.78, 5) is 0. The number of benzene rings is 1. The van der Waals surface area contributed by atoms with E-state index in [1.54, 1.807) is 0 Å². The summed E-state index contributed by atoms with van der Waals surface area (Å²) >= 11 is 6.27. The number of rotatable bonds is 1. The third-order valence-electron chi connectivity index (χ3n) is 3.31. The summed E-state index contributed by atoms with van der Waals surface area (Å²) < 4.78 is 0. The quantitative estimate of drug-likeness (QED) is 0.764. The first kappa shape index (κ1) is 11.0. The van der Waals surface area contributed by atoms with Gasteiger partial charge in [0.25, 0.3) is 0 Å². The van der Waals surface area contributed by atoms with Crippen molar-refractivity contribution in [3.05, 3.63) is 33.8 Å². The molecule has 1 aliphatic heterocycles. The molecule has 0 saturated carbocycles. The van der Waals surface area contributed by atoms with Crippen LogP contribution < -0.4 is 5.32 Å². The number of piperidine rings is 1. The van der Waals surface area contributed by atoms with Gasteiger partial charge in [0, 0.05) is 11.1 Å². The smallest absolute Gasteiger partial charge is 0.0467 e. The molecule has 0 radical (unpaired) electrons. The van der Waals surface area contributed by atoms with Crippen LogP contribution in [0, 0.1) is 13.8 Å². The lowest BCUT2D eigenvalue weighted by Crippen LogP contribution is -2.27. The highest BCUT2D eigenvalue weighted by molar-refractivity contribution is 6.32. The van der Waals surface area contributed by atoms with Crippen molar-refractivity contribution in [2.24, 2.45) is 0 Å². The molecule has 1 aromatic rings. The molecule has 1 saturated heterocycles. The summed E-state index contributed by atoms with van der Waals surface area (Å²) in [6.07, 6.45) is 3.86. The van der Waals surface area contributed by atoms with Gasteiger partial charge in [0.05, 0.1) is 0 Å². The van der Waals surface area contributed by atoms with Gasteiger partial charge < -0.3 is 5.32 Å². The molecule has 1 N–H and O–H groups in total. The van der Waals surface area contributed by atoms with E-state index in [-0.39, 0.29) is 0 Å². The highest BCUT2D eigenvalue weighted by atomic mass is 35.5. The van der Waals surface area contributed by atoms with Crippen LogP contribution in [0.5, 0.6) is 0 Å². The van der Waals surface area contributed by atoms with Gasteiger partial charge in [0.2, 0.25) is 0 Å². The minimum atomic E-state index is 0.511. The highest BCUT2D eigenvalue weighted by Gasteiger charge is 2.17. The monoisotopic (exact) mass is 223 g/mol. The molecule has 1 atom stereocenters. The maximum Gasteiger partial charge on any atom is 0.0467 e. The molecule has 2 heteroatoms. The molecule has 15 heavy (non-hydrogen) atoms. The lowest BCUT2D eigenvalue weighted by molar-refractivity contribution is 0.411. The SMILES string of the molecule is Cc1ccc(C2CCCCN2)c(C)c1Cl. The fourth-order valence-corrected chi connectivity index (χ4v) is 2.50. The molecule has 1 aliphatic rings. The number of hydrogen-bond acceptors (Lipinski definition) is 1. The number of nitrogens with one attached hydrogen (secondary N) is 1. The van der Waals surface area contributed by atoms with Crippen molar-refractivity contribution in [2.75, 3.05) is 6.54 Å². The van der Waals surface area contributed by atoms with Gasteiger partial charge in [-0.25, -0.2) is 0 Å². The average molecular weight is 224 g/mol. The number of hydrogen-bond donors (Lipinski definition) is 1. The zero-order valence-electron chi connectivity index (χ0n) is 9.44. The number of aryl methyl sites for hydroxylation is 1. The van der Waals surface area contributed by atoms with Gasteiger partial charge in [-0.2, -0.15) is 0 Å². The Bertz CT molecular complexity index is 354. The molecular weight excluding hydrogens is 206 g/mol. The van der Waals surface area contributed by atoms with Crippen LogP contribution in [0.3, 0.4) is 0 Å². The van der Waals surface area contributed by atoms with Crippen molar-refractivity contribution in [3.8, 4) is 0 Å². The highest BCUT2D eigenvalue weighted by Crippen LogP contribution is 2.30. The van der Waals surface area contributed by atoms with Crippen molar-refractivity contribution < 1.29 is 0 Å². The molecule has 2 rings (SSSR count). The summed E-state index contributed by atoms with van der Waals surface area (Å²) in [5, 5.41) is 4.49. The van der Waals surface area contributed by atoms with Gasteiger partial charge in [0.1, 0.15) is 0 Å². The summed E-state index contributed by atoms with van der Waals surface area (Å²) in [5.41, 5.74) is 3.80. The predicted molar refractivity (Wildman–Crippen MR) is 65.5 cm³/mol. The minimum Gasteiger partial charge on any atom is -0.310 e. The van der Waals surface area contributed by atoms with Crippen LogP contribution in [0.15, 0.2) is 12.1 Å². The van der Waals surface area contributed by atoms with Gasteiger partial charge >= 0.3 is 0 Å². The lowest BCUT2D eigenvalue weighted by atomic mass is 9.93. The van der Waals surface area contributed by atoms with Crippen LogP contribution in [-0.2, 0) is 0 Å². The van der Waals surface area contributed by atoms with Gasteiger partial charge in [-0.15, -0.1) is 0 Å². The summed E-state index contributed by atoms with van der Waals surface area (Å²) in [6, 6.07) is 4.86. The standard InChI is InChI=1S/C13H18ClN/c1-9-6-7-11(10(2)13(9)14)12-5-3-4-8-15-12/h6-7,12,15H,3-5,8H2,1-2H3. The molecule has 82 valence electrons. The number of halogens is 1. The second-order valence-electron chi connectivity index (χ2n) is 4.41. The van der Waals surface area contributed by atoms with E-state index in [9.17, 15) is 0 Å². The van der Waals surface area contributed by atoms with E-state index in [4.69, 9.17) is 11.6 Å². The van der Waals surface area contributed by atoms with Crippen LogP contribution in [0.25, 0.3) is 0 Å². The lowest BCUT2D eigenvalue weighted by Gasteiger charge is -2.26. The molecule has 1 aromatic carbocycles. The fourth-order valence-electron chi connectivity index (χ4n) is 2.33. The van der Waals surface area contributed by atoms with E-state index in [1.165, 1.54) is 36.0 Å². The summed E-state index contributed by atoms with van der Waals surface area (Å²) in [7, 11) is 0. The molecule has 1 fully saturated rings. The fraction of sp³-hybridized carbons (Fsp3) is 0.538. The van der Waals surface area contributed by atoms with Gasteiger partial charge in [-0.1, -0.05) is 30.2 Å². The van der Waals surface area contributed by atoms with E-state index < -0.39 is 0 Å². The first-order chi connectivity index (χ1) is 7.20. The Morgan fingerprint density at radius 2 is 2.07 bits per heavy atom. The van der Waals surface area contributed by atoms with Gasteiger partial charge in [-0.3, -0.25) is 0 Å². The molecule has 0 aromatic heterocycles. The Labute approximate surface area is 96.8 Å². The first-order valence-corrected chi connectivity index (χ1v) is 6.07. The third-order valence-corrected chi connectivity index (χ3v) is 3.89. The second-order valence-corrected chi connectivity index (χ2v) is 4.79. The van der Waals surface area contributed by atoms with Crippen LogP contribution >= 0.6 is 11.6 Å². The Hall–Kier alpha value is -0.530. The molecule has 0 aliphatic carbocycles. The summed E-state index contributed by atoms with van der Waals surface area (Å²) in [6.45, 7) is 5.32. The minimum absolute atomic E-state index is 0.511. The van der Waals surface area contributed by atoms with Crippen LogP contribution in [0.1, 0.15) is 42.0 Å². The van der Waals surface area contributed by atoms with Crippen LogP contribution in [-0.4, -0.2) is 6.54 Å². The molecule has 0 amide bonds. The first-order valence-electron chi connectivity index (χ1n) is 5.69. The normalized spacial score (nSPS) is 21.7. The van der Waals surface area contributed by atoms with Crippen molar-refractivity contribution in [3.63, 3.8) is 0 Å². The Morgan fingerprint density at radius 3 is 2.73 bits per heavy atom. The Balaban J connectivity index is 2.31. The Kier molecular flexibility index (Phi) is 3.32. The van der Waals surface area contributed by atoms with E-state index in [0.717, 1.165) is 11.6 Å². The summed E-state index contributed by atoms with van der Waals surface area (Å²) in [5.74, 6) is 0. The Morgan fingerprint density at radius 1 is 1.27 bits per heavy atom. The van der Waals surface area contributed by atoms with Gasteiger partial charge in [0.15, 0.2) is 0 Å². The molecule has 1 unspecified atom stereocenters. The average Bonchev–Trinajstić information content (AvgIpc) is 2.27.